The molecule has 0 aliphatic heterocycles. The SMILES string of the molecule is COC(=O)C1(c2ccc(Br)cc2Cl)CC1. The molecule has 1 aliphatic carbocycles. The van der Waals surface area contributed by atoms with Crippen LogP contribution in [0, 0.1) is 0 Å². The summed E-state index contributed by atoms with van der Waals surface area (Å²) in [6, 6.07) is 5.58. The van der Waals surface area contributed by atoms with Gasteiger partial charge < -0.3 is 4.74 Å². The van der Waals surface area contributed by atoms with Gasteiger partial charge in [0.15, 0.2) is 0 Å². The summed E-state index contributed by atoms with van der Waals surface area (Å²) in [5.74, 6) is -0.188. The van der Waals surface area contributed by atoms with E-state index in [1.807, 2.05) is 12.1 Å². The van der Waals surface area contributed by atoms with Crippen molar-refractivity contribution in [1.29, 1.82) is 0 Å². The van der Waals surface area contributed by atoms with Crippen molar-refractivity contribution >= 4 is 33.5 Å². The average molecular weight is 290 g/mol. The van der Waals surface area contributed by atoms with Crippen molar-refractivity contribution < 1.29 is 9.53 Å². The molecule has 1 fully saturated rings. The van der Waals surface area contributed by atoms with Gasteiger partial charge in [0.25, 0.3) is 0 Å². The number of hydrogen-bond acceptors (Lipinski definition) is 2. The van der Waals surface area contributed by atoms with Crippen molar-refractivity contribution in [3.05, 3.63) is 33.3 Å². The molecule has 1 aromatic rings. The van der Waals surface area contributed by atoms with E-state index in [2.05, 4.69) is 15.9 Å². The average Bonchev–Trinajstić information content (AvgIpc) is 2.97. The lowest BCUT2D eigenvalue weighted by Gasteiger charge is -2.14. The molecule has 0 heterocycles. The third kappa shape index (κ3) is 1.79. The summed E-state index contributed by atoms with van der Waals surface area (Å²) in [6.45, 7) is 0. The first-order valence-electron chi connectivity index (χ1n) is 4.64. The molecular formula is C11H10BrClO2. The van der Waals surface area contributed by atoms with Gasteiger partial charge in [0.05, 0.1) is 12.5 Å². The summed E-state index contributed by atoms with van der Waals surface area (Å²) in [4.78, 5) is 11.6. The fourth-order valence-electron chi connectivity index (χ4n) is 1.78. The fraction of sp³-hybridized carbons (Fsp3) is 0.364. The van der Waals surface area contributed by atoms with E-state index in [0.29, 0.717) is 5.02 Å². The molecule has 15 heavy (non-hydrogen) atoms. The zero-order chi connectivity index (χ0) is 11.1. The molecule has 1 saturated carbocycles. The van der Waals surface area contributed by atoms with Gasteiger partial charge in [0.1, 0.15) is 0 Å². The van der Waals surface area contributed by atoms with Crippen LogP contribution in [0.1, 0.15) is 18.4 Å². The molecule has 2 rings (SSSR count). The van der Waals surface area contributed by atoms with Crippen LogP contribution in [0.5, 0.6) is 0 Å². The third-order valence-electron chi connectivity index (χ3n) is 2.77. The van der Waals surface area contributed by atoms with E-state index in [9.17, 15) is 4.79 Å². The van der Waals surface area contributed by atoms with Gasteiger partial charge in [-0.15, -0.1) is 0 Å². The van der Waals surface area contributed by atoms with Gasteiger partial charge >= 0.3 is 5.97 Å². The second-order valence-corrected chi connectivity index (χ2v) is 5.02. The topological polar surface area (TPSA) is 26.3 Å². The Kier molecular flexibility index (Phi) is 2.77. The highest BCUT2D eigenvalue weighted by molar-refractivity contribution is 9.10. The van der Waals surface area contributed by atoms with E-state index in [-0.39, 0.29) is 5.97 Å². The number of hydrogen-bond donors (Lipinski definition) is 0. The summed E-state index contributed by atoms with van der Waals surface area (Å²) < 4.78 is 5.72. The maximum atomic E-state index is 11.6. The number of esters is 1. The van der Waals surface area contributed by atoms with E-state index in [1.54, 1.807) is 6.07 Å². The number of methoxy groups -OCH3 is 1. The highest BCUT2D eigenvalue weighted by atomic mass is 79.9. The second kappa shape index (κ2) is 3.80. The van der Waals surface area contributed by atoms with Crippen molar-refractivity contribution in [3.8, 4) is 0 Å². The molecule has 80 valence electrons. The van der Waals surface area contributed by atoms with Gasteiger partial charge in [-0.1, -0.05) is 33.6 Å². The largest absolute Gasteiger partial charge is 0.468 e. The number of carbonyl (C=O) groups excluding carboxylic acids is 1. The minimum absolute atomic E-state index is 0.188. The number of ether oxygens (including phenoxy) is 1. The Labute approximate surface area is 102 Å². The van der Waals surface area contributed by atoms with Gasteiger partial charge in [-0.3, -0.25) is 4.79 Å². The van der Waals surface area contributed by atoms with Crippen LogP contribution in [0.2, 0.25) is 5.02 Å². The lowest BCUT2D eigenvalue weighted by Crippen LogP contribution is -2.22. The van der Waals surface area contributed by atoms with Crippen LogP contribution < -0.4 is 0 Å². The standard InChI is InChI=1S/C11H10BrClO2/c1-15-10(14)11(4-5-11)8-3-2-7(12)6-9(8)13/h2-3,6H,4-5H2,1H3. The highest BCUT2D eigenvalue weighted by Gasteiger charge is 2.53. The lowest BCUT2D eigenvalue weighted by molar-refractivity contribution is -0.143. The smallest absolute Gasteiger partial charge is 0.316 e. The van der Waals surface area contributed by atoms with E-state index < -0.39 is 5.41 Å². The zero-order valence-electron chi connectivity index (χ0n) is 8.22. The van der Waals surface area contributed by atoms with Crippen LogP contribution in [0.25, 0.3) is 0 Å². The summed E-state index contributed by atoms with van der Waals surface area (Å²) in [6.07, 6.45) is 1.64. The number of rotatable bonds is 2. The molecule has 0 unspecified atom stereocenters. The molecule has 0 saturated heterocycles. The van der Waals surface area contributed by atoms with Crippen molar-refractivity contribution in [2.45, 2.75) is 18.3 Å². The van der Waals surface area contributed by atoms with Gasteiger partial charge in [-0.05, 0) is 30.5 Å². The molecule has 0 spiro atoms. The molecular weight excluding hydrogens is 279 g/mol. The quantitative estimate of drug-likeness (QED) is 0.781. The predicted molar refractivity (Wildman–Crippen MR) is 62.1 cm³/mol. The maximum absolute atomic E-state index is 11.6. The summed E-state index contributed by atoms with van der Waals surface area (Å²) in [7, 11) is 1.41. The lowest BCUT2D eigenvalue weighted by atomic mass is 9.96. The fourth-order valence-corrected chi connectivity index (χ4v) is 2.64. The minimum Gasteiger partial charge on any atom is -0.468 e. The number of halogens is 2. The molecule has 0 radical (unpaired) electrons. The van der Waals surface area contributed by atoms with Crippen LogP contribution in [0.15, 0.2) is 22.7 Å². The molecule has 0 N–H and O–H groups in total. The van der Waals surface area contributed by atoms with Crippen LogP contribution in [-0.2, 0) is 14.9 Å². The normalized spacial score (nSPS) is 17.3. The van der Waals surface area contributed by atoms with E-state index in [1.165, 1.54) is 7.11 Å². The first-order valence-corrected chi connectivity index (χ1v) is 5.81. The molecule has 0 bridgehead atoms. The predicted octanol–water partition coefficient (Wildman–Crippen LogP) is 3.31. The van der Waals surface area contributed by atoms with Crippen LogP contribution in [-0.4, -0.2) is 13.1 Å². The Morgan fingerprint density at radius 2 is 2.20 bits per heavy atom. The zero-order valence-corrected chi connectivity index (χ0v) is 10.6. The van der Waals surface area contributed by atoms with Crippen molar-refractivity contribution in [2.75, 3.05) is 7.11 Å². The molecule has 0 atom stereocenters. The first-order chi connectivity index (χ1) is 7.10. The van der Waals surface area contributed by atoms with E-state index >= 15 is 0 Å². The number of benzene rings is 1. The van der Waals surface area contributed by atoms with Crippen LogP contribution in [0.4, 0.5) is 0 Å². The first kappa shape index (κ1) is 11.0. The second-order valence-electron chi connectivity index (χ2n) is 3.70. The van der Waals surface area contributed by atoms with Gasteiger partial charge in [0.2, 0.25) is 0 Å². The monoisotopic (exact) mass is 288 g/mol. The summed E-state index contributed by atoms with van der Waals surface area (Å²) in [5.41, 5.74) is 0.395. The van der Waals surface area contributed by atoms with Crippen LogP contribution >= 0.6 is 27.5 Å². The molecule has 1 aromatic carbocycles. The van der Waals surface area contributed by atoms with Gasteiger partial charge in [0, 0.05) is 9.50 Å². The van der Waals surface area contributed by atoms with Crippen molar-refractivity contribution in [3.63, 3.8) is 0 Å². The Balaban J connectivity index is 2.42. The Bertz CT molecular complexity index is 413. The Hall–Kier alpha value is -0.540. The molecule has 0 aromatic heterocycles. The maximum Gasteiger partial charge on any atom is 0.316 e. The van der Waals surface area contributed by atoms with E-state index in [0.717, 1.165) is 22.9 Å². The summed E-state index contributed by atoms with van der Waals surface area (Å²) in [5, 5.41) is 0.618. The van der Waals surface area contributed by atoms with Gasteiger partial charge in [-0.2, -0.15) is 0 Å². The number of carbonyl (C=O) groups is 1. The molecule has 2 nitrogen and oxygen atoms in total. The van der Waals surface area contributed by atoms with E-state index in [4.69, 9.17) is 16.3 Å². The summed E-state index contributed by atoms with van der Waals surface area (Å²) >= 11 is 9.45. The Morgan fingerprint density at radius 3 is 2.67 bits per heavy atom. The minimum atomic E-state index is -0.480. The Morgan fingerprint density at radius 1 is 1.53 bits per heavy atom. The van der Waals surface area contributed by atoms with Crippen molar-refractivity contribution in [2.24, 2.45) is 0 Å². The van der Waals surface area contributed by atoms with Crippen LogP contribution in [0.3, 0.4) is 0 Å². The van der Waals surface area contributed by atoms with Crippen molar-refractivity contribution in [1.82, 2.24) is 0 Å². The molecule has 4 heteroatoms. The third-order valence-corrected chi connectivity index (χ3v) is 3.58. The molecule has 0 amide bonds. The highest BCUT2D eigenvalue weighted by Crippen LogP contribution is 2.51. The molecule has 1 aliphatic rings. The van der Waals surface area contributed by atoms with Gasteiger partial charge in [-0.25, -0.2) is 0 Å².